The second kappa shape index (κ2) is 7.98. The topological polar surface area (TPSA) is 58.9 Å². The Morgan fingerprint density at radius 2 is 1.68 bits per heavy atom. The molecule has 0 heterocycles. The second-order valence-electron chi connectivity index (χ2n) is 4.83. The van der Waals surface area contributed by atoms with E-state index in [-0.39, 0.29) is 12.4 Å². The summed E-state index contributed by atoms with van der Waals surface area (Å²) in [5.41, 5.74) is 2.09. The van der Waals surface area contributed by atoms with Crippen molar-refractivity contribution in [2.75, 3.05) is 6.61 Å². The summed E-state index contributed by atoms with van der Waals surface area (Å²) in [6.45, 7) is 2.09. The van der Waals surface area contributed by atoms with Gasteiger partial charge in [-0.3, -0.25) is 4.79 Å². The first-order chi connectivity index (χ1) is 10.8. The molecule has 4 nitrogen and oxygen atoms in total. The Balaban J connectivity index is 2.28. The Hall–Kier alpha value is -2.62. The molecule has 1 atom stereocenters. The van der Waals surface area contributed by atoms with Gasteiger partial charge < -0.3 is 9.94 Å². The largest absolute Gasteiger partial charge is 0.466 e. The zero-order chi connectivity index (χ0) is 15.8. The Labute approximate surface area is 130 Å². The molecule has 1 unspecified atom stereocenters. The Morgan fingerprint density at radius 1 is 1.09 bits per heavy atom. The number of nitrogens with zero attached hydrogens (tertiary/aromatic N) is 1. The SMILES string of the molecule is CCOC(=O)C(C/C(=N/O)c1ccccc1)c1ccccc1. The van der Waals surface area contributed by atoms with Crippen molar-refractivity contribution < 1.29 is 14.7 Å². The van der Waals surface area contributed by atoms with E-state index in [1.807, 2.05) is 60.7 Å². The molecule has 22 heavy (non-hydrogen) atoms. The standard InChI is InChI=1S/C18H19NO3/c1-2-22-18(20)16(14-9-5-3-6-10-14)13-17(19-21)15-11-7-4-8-12-15/h3-12,16,21H,2,13H2,1H3/b19-17-. The van der Waals surface area contributed by atoms with Gasteiger partial charge in [0.2, 0.25) is 0 Å². The Kier molecular flexibility index (Phi) is 5.72. The smallest absolute Gasteiger partial charge is 0.313 e. The summed E-state index contributed by atoms with van der Waals surface area (Å²) in [5, 5.41) is 12.7. The average molecular weight is 297 g/mol. The van der Waals surface area contributed by atoms with Gasteiger partial charge >= 0.3 is 5.97 Å². The number of carbonyl (C=O) groups excluding carboxylic acids is 1. The molecule has 0 aliphatic carbocycles. The van der Waals surface area contributed by atoms with E-state index in [4.69, 9.17) is 4.74 Å². The molecule has 1 N–H and O–H groups in total. The van der Waals surface area contributed by atoms with Gasteiger partial charge in [0.15, 0.2) is 0 Å². The minimum atomic E-state index is -0.493. The molecule has 0 fully saturated rings. The van der Waals surface area contributed by atoms with Crippen molar-refractivity contribution >= 4 is 11.7 Å². The molecular weight excluding hydrogens is 278 g/mol. The van der Waals surface area contributed by atoms with Crippen LogP contribution in [0.1, 0.15) is 30.4 Å². The zero-order valence-electron chi connectivity index (χ0n) is 12.5. The molecule has 114 valence electrons. The lowest BCUT2D eigenvalue weighted by Crippen LogP contribution is -2.20. The maximum absolute atomic E-state index is 12.3. The van der Waals surface area contributed by atoms with Crippen LogP contribution in [0, 0.1) is 0 Å². The highest BCUT2D eigenvalue weighted by molar-refractivity contribution is 6.02. The number of hydrogen-bond donors (Lipinski definition) is 1. The van der Waals surface area contributed by atoms with Gasteiger partial charge in [0.25, 0.3) is 0 Å². The third kappa shape index (κ3) is 3.95. The molecule has 2 aromatic rings. The number of ether oxygens (including phenoxy) is 1. The first-order valence-corrected chi connectivity index (χ1v) is 7.24. The number of benzene rings is 2. The molecule has 0 aliphatic heterocycles. The van der Waals surface area contributed by atoms with Crippen molar-refractivity contribution in [3.63, 3.8) is 0 Å². The van der Waals surface area contributed by atoms with E-state index in [1.54, 1.807) is 6.92 Å². The third-order valence-electron chi connectivity index (χ3n) is 3.40. The van der Waals surface area contributed by atoms with Crippen LogP contribution in [0.5, 0.6) is 0 Å². The Bertz CT molecular complexity index is 623. The highest BCUT2D eigenvalue weighted by atomic mass is 16.5. The fourth-order valence-corrected chi connectivity index (χ4v) is 2.31. The quantitative estimate of drug-likeness (QED) is 0.383. The van der Waals surface area contributed by atoms with Crippen LogP contribution in [0.3, 0.4) is 0 Å². The number of hydrogen-bond acceptors (Lipinski definition) is 4. The van der Waals surface area contributed by atoms with Gasteiger partial charge in [-0.05, 0) is 18.1 Å². The minimum Gasteiger partial charge on any atom is -0.466 e. The summed E-state index contributed by atoms with van der Waals surface area (Å²) in [5.74, 6) is -0.807. The minimum absolute atomic E-state index is 0.281. The van der Waals surface area contributed by atoms with Gasteiger partial charge in [-0.15, -0.1) is 0 Å². The van der Waals surface area contributed by atoms with E-state index in [1.165, 1.54) is 0 Å². The maximum atomic E-state index is 12.3. The molecule has 0 bridgehead atoms. The van der Waals surface area contributed by atoms with Gasteiger partial charge in [-0.2, -0.15) is 0 Å². The van der Waals surface area contributed by atoms with Crippen LogP contribution in [0.15, 0.2) is 65.8 Å². The molecule has 0 radical (unpaired) electrons. The number of esters is 1. The molecular formula is C18H19NO3. The van der Waals surface area contributed by atoms with E-state index < -0.39 is 5.92 Å². The molecule has 0 spiro atoms. The van der Waals surface area contributed by atoms with Gasteiger partial charge in [0.1, 0.15) is 0 Å². The predicted octanol–water partition coefficient (Wildman–Crippen LogP) is 3.60. The molecule has 0 amide bonds. The van der Waals surface area contributed by atoms with Crippen LogP contribution in [0.4, 0.5) is 0 Å². The van der Waals surface area contributed by atoms with Crippen molar-refractivity contribution in [2.24, 2.45) is 5.16 Å². The van der Waals surface area contributed by atoms with Crippen LogP contribution >= 0.6 is 0 Å². The first kappa shape index (κ1) is 15.8. The summed E-state index contributed by atoms with van der Waals surface area (Å²) >= 11 is 0. The van der Waals surface area contributed by atoms with Gasteiger partial charge in [0.05, 0.1) is 18.2 Å². The normalized spacial score (nSPS) is 12.7. The van der Waals surface area contributed by atoms with Crippen molar-refractivity contribution in [3.8, 4) is 0 Å². The van der Waals surface area contributed by atoms with Crippen molar-refractivity contribution in [1.29, 1.82) is 0 Å². The van der Waals surface area contributed by atoms with Gasteiger partial charge in [0, 0.05) is 6.42 Å². The molecule has 2 aromatic carbocycles. The van der Waals surface area contributed by atoms with Crippen LogP contribution in [0.25, 0.3) is 0 Å². The lowest BCUT2D eigenvalue weighted by atomic mass is 9.91. The maximum Gasteiger partial charge on any atom is 0.313 e. The fraction of sp³-hybridized carbons (Fsp3) is 0.222. The van der Waals surface area contributed by atoms with E-state index in [9.17, 15) is 10.0 Å². The van der Waals surface area contributed by atoms with Crippen LogP contribution in [0.2, 0.25) is 0 Å². The van der Waals surface area contributed by atoms with E-state index in [0.29, 0.717) is 12.3 Å². The highest BCUT2D eigenvalue weighted by Gasteiger charge is 2.24. The average Bonchev–Trinajstić information content (AvgIpc) is 2.57. The van der Waals surface area contributed by atoms with E-state index in [2.05, 4.69) is 5.16 Å². The van der Waals surface area contributed by atoms with E-state index >= 15 is 0 Å². The summed E-state index contributed by atoms with van der Waals surface area (Å²) in [7, 11) is 0. The van der Waals surface area contributed by atoms with Crippen molar-refractivity contribution in [2.45, 2.75) is 19.3 Å². The van der Waals surface area contributed by atoms with Gasteiger partial charge in [-0.1, -0.05) is 65.8 Å². The molecule has 0 saturated carbocycles. The summed E-state index contributed by atoms with van der Waals surface area (Å²) in [6.07, 6.45) is 0.281. The van der Waals surface area contributed by atoms with Crippen LogP contribution < -0.4 is 0 Å². The number of oxime groups is 1. The lowest BCUT2D eigenvalue weighted by molar-refractivity contribution is -0.144. The fourth-order valence-electron chi connectivity index (χ4n) is 2.31. The molecule has 0 aromatic heterocycles. The second-order valence-corrected chi connectivity index (χ2v) is 4.83. The van der Waals surface area contributed by atoms with Crippen LogP contribution in [-0.2, 0) is 9.53 Å². The molecule has 0 saturated heterocycles. The van der Waals surface area contributed by atoms with Crippen molar-refractivity contribution in [3.05, 3.63) is 71.8 Å². The monoisotopic (exact) mass is 297 g/mol. The number of rotatable bonds is 6. The zero-order valence-corrected chi connectivity index (χ0v) is 12.5. The summed E-state index contributed by atoms with van der Waals surface area (Å²) < 4.78 is 5.16. The number of carbonyl (C=O) groups is 1. The van der Waals surface area contributed by atoms with Crippen molar-refractivity contribution in [1.82, 2.24) is 0 Å². The van der Waals surface area contributed by atoms with E-state index in [0.717, 1.165) is 11.1 Å². The molecule has 0 aliphatic rings. The highest BCUT2D eigenvalue weighted by Crippen LogP contribution is 2.24. The first-order valence-electron chi connectivity index (χ1n) is 7.24. The molecule has 4 heteroatoms. The molecule has 2 rings (SSSR count). The lowest BCUT2D eigenvalue weighted by Gasteiger charge is -2.16. The van der Waals surface area contributed by atoms with Crippen LogP contribution in [-0.4, -0.2) is 23.5 Å². The third-order valence-corrected chi connectivity index (χ3v) is 3.40. The van der Waals surface area contributed by atoms with Gasteiger partial charge in [-0.25, -0.2) is 0 Å². The predicted molar refractivity (Wildman–Crippen MR) is 85.2 cm³/mol. The summed E-state index contributed by atoms with van der Waals surface area (Å²) in [6, 6.07) is 18.7. The Morgan fingerprint density at radius 3 is 2.23 bits per heavy atom. The summed E-state index contributed by atoms with van der Waals surface area (Å²) in [4.78, 5) is 12.3.